The first-order chi connectivity index (χ1) is 9.99. The summed E-state index contributed by atoms with van der Waals surface area (Å²) >= 11 is 0. The SMILES string of the molecule is Cc1cc2c(cc1F)nc(N)n2C(C)c1ccccc1F. The van der Waals surface area contributed by atoms with Crippen molar-refractivity contribution in [3.63, 3.8) is 0 Å². The Balaban J connectivity index is 2.22. The van der Waals surface area contributed by atoms with Crippen molar-refractivity contribution >= 4 is 17.0 Å². The van der Waals surface area contributed by atoms with E-state index in [1.54, 1.807) is 35.8 Å². The molecule has 3 nitrogen and oxygen atoms in total. The van der Waals surface area contributed by atoms with Gasteiger partial charge >= 0.3 is 0 Å². The van der Waals surface area contributed by atoms with Crippen LogP contribution in [-0.2, 0) is 0 Å². The number of imidazole rings is 1. The molecule has 1 aromatic heterocycles. The predicted octanol–water partition coefficient (Wildman–Crippen LogP) is 3.81. The largest absolute Gasteiger partial charge is 0.369 e. The quantitative estimate of drug-likeness (QED) is 0.778. The molecule has 0 saturated heterocycles. The van der Waals surface area contributed by atoms with Crippen molar-refractivity contribution in [2.75, 3.05) is 5.73 Å². The molecule has 0 radical (unpaired) electrons. The fourth-order valence-corrected chi connectivity index (χ4v) is 2.60. The van der Waals surface area contributed by atoms with E-state index in [1.165, 1.54) is 12.1 Å². The van der Waals surface area contributed by atoms with Crippen LogP contribution in [0.4, 0.5) is 14.7 Å². The van der Waals surface area contributed by atoms with Crippen molar-refractivity contribution in [3.05, 3.63) is 59.2 Å². The highest BCUT2D eigenvalue weighted by Gasteiger charge is 2.19. The lowest BCUT2D eigenvalue weighted by atomic mass is 10.1. The van der Waals surface area contributed by atoms with Gasteiger partial charge in [-0.05, 0) is 31.5 Å². The summed E-state index contributed by atoms with van der Waals surface area (Å²) in [4.78, 5) is 4.17. The van der Waals surface area contributed by atoms with Gasteiger partial charge < -0.3 is 10.3 Å². The van der Waals surface area contributed by atoms with Gasteiger partial charge in [0.1, 0.15) is 11.6 Å². The molecule has 5 heteroatoms. The summed E-state index contributed by atoms with van der Waals surface area (Å²) < 4.78 is 29.3. The lowest BCUT2D eigenvalue weighted by Gasteiger charge is -2.17. The topological polar surface area (TPSA) is 43.8 Å². The molecule has 0 aliphatic rings. The lowest BCUT2D eigenvalue weighted by Crippen LogP contribution is -2.11. The minimum atomic E-state index is -0.332. The summed E-state index contributed by atoms with van der Waals surface area (Å²) in [5.74, 6) is -0.387. The molecule has 21 heavy (non-hydrogen) atoms. The number of nitrogens with zero attached hydrogens (tertiary/aromatic N) is 2. The second-order valence-electron chi connectivity index (χ2n) is 5.13. The minimum Gasteiger partial charge on any atom is -0.369 e. The zero-order chi connectivity index (χ0) is 15.1. The van der Waals surface area contributed by atoms with Crippen molar-refractivity contribution in [2.45, 2.75) is 19.9 Å². The standard InChI is InChI=1S/C16H15F2N3/c1-9-7-15-14(8-13(9)18)20-16(19)21(15)10(2)11-5-3-4-6-12(11)17/h3-8,10H,1-2H3,(H2,19,20). The smallest absolute Gasteiger partial charge is 0.201 e. The third kappa shape index (κ3) is 2.14. The molecular weight excluding hydrogens is 272 g/mol. The Kier molecular flexibility index (Phi) is 3.12. The molecule has 3 rings (SSSR count). The van der Waals surface area contributed by atoms with E-state index in [9.17, 15) is 8.78 Å². The zero-order valence-corrected chi connectivity index (χ0v) is 11.8. The van der Waals surface area contributed by atoms with Crippen LogP contribution in [0.5, 0.6) is 0 Å². The van der Waals surface area contributed by atoms with E-state index >= 15 is 0 Å². The lowest BCUT2D eigenvalue weighted by molar-refractivity contribution is 0.567. The fourth-order valence-electron chi connectivity index (χ4n) is 2.60. The van der Waals surface area contributed by atoms with Gasteiger partial charge in [0.25, 0.3) is 0 Å². The summed E-state index contributed by atoms with van der Waals surface area (Å²) in [7, 11) is 0. The second-order valence-corrected chi connectivity index (χ2v) is 5.13. The Labute approximate surface area is 121 Å². The summed E-state index contributed by atoms with van der Waals surface area (Å²) in [6.07, 6.45) is 0. The molecular formula is C16H15F2N3. The van der Waals surface area contributed by atoms with Crippen LogP contribution in [0.25, 0.3) is 11.0 Å². The summed E-state index contributed by atoms with van der Waals surface area (Å²) in [6, 6.07) is 9.24. The maximum absolute atomic E-state index is 14.0. The van der Waals surface area contributed by atoms with Crippen LogP contribution < -0.4 is 5.73 Å². The predicted molar refractivity (Wildman–Crippen MR) is 79.1 cm³/mol. The highest BCUT2D eigenvalue weighted by Crippen LogP contribution is 2.29. The molecule has 0 aliphatic carbocycles. The molecule has 0 saturated carbocycles. The number of benzene rings is 2. The summed E-state index contributed by atoms with van der Waals surface area (Å²) in [5.41, 5.74) is 8.14. The first-order valence-electron chi connectivity index (χ1n) is 6.67. The van der Waals surface area contributed by atoms with Gasteiger partial charge in [0.2, 0.25) is 5.95 Å². The van der Waals surface area contributed by atoms with Crippen LogP contribution in [0, 0.1) is 18.6 Å². The van der Waals surface area contributed by atoms with Gasteiger partial charge in [0.05, 0.1) is 17.1 Å². The van der Waals surface area contributed by atoms with Gasteiger partial charge in [-0.15, -0.1) is 0 Å². The molecule has 3 aromatic rings. The van der Waals surface area contributed by atoms with Crippen LogP contribution in [0.1, 0.15) is 24.1 Å². The molecule has 2 N–H and O–H groups in total. The number of halogens is 2. The molecule has 0 aliphatic heterocycles. The zero-order valence-electron chi connectivity index (χ0n) is 11.8. The van der Waals surface area contributed by atoms with Gasteiger partial charge in [-0.25, -0.2) is 13.8 Å². The van der Waals surface area contributed by atoms with E-state index in [4.69, 9.17) is 5.73 Å². The van der Waals surface area contributed by atoms with E-state index in [0.29, 0.717) is 22.2 Å². The number of rotatable bonds is 2. The van der Waals surface area contributed by atoms with E-state index in [2.05, 4.69) is 4.98 Å². The number of fused-ring (bicyclic) bond motifs is 1. The van der Waals surface area contributed by atoms with Gasteiger partial charge in [0.15, 0.2) is 0 Å². The molecule has 2 aromatic carbocycles. The number of nitrogen functional groups attached to an aromatic ring is 1. The van der Waals surface area contributed by atoms with E-state index in [0.717, 1.165) is 0 Å². The van der Waals surface area contributed by atoms with Gasteiger partial charge in [-0.2, -0.15) is 0 Å². The van der Waals surface area contributed by atoms with E-state index in [-0.39, 0.29) is 23.6 Å². The molecule has 1 unspecified atom stereocenters. The Bertz CT molecular complexity index is 824. The number of hydrogen-bond donors (Lipinski definition) is 1. The van der Waals surface area contributed by atoms with Crippen LogP contribution in [0.2, 0.25) is 0 Å². The van der Waals surface area contributed by atoms with Crippen LogP contribution in [-0.4, -0.2) is 9.55 Å². The number of nitrogens with two attached hydrogens (primary N) is 1. The van der Waals surface area contributed by atoms with Crippen molar-refractivity contribution in [1.29, 1.82) is 0 Å². The summed E-state index contributed by atoms with van der Waals surface area (Å²) in [6.45, 7) is 3.52. The minimum absolute atomic E-state index is 0.241. The number of aromatic nitrogens is 2. The molecule has 1 heterocycles. The van der Waals surface area contributed by atoms with Crippen LogP contribution in [0.15, 0.2) is 36.4 Å². The van der Waals surface area contributed by atoms with Gasteiger partial charge in [0, 0.05) is 11.6 Å². The number of hydrogen-bond acceptors (Lipinski definition) is 2. The first-order valence-corrected chi connectivity index (χ1v) is 6.67. The second kappa shape index (κ2) is 4.84. The average molecular weight is 287 g/mol. The number of anilines is 1. The Morgan fingerprint density at radius 3 is 2.57 bits per heavy atom. The van der Waals surface area contributed by atoms with Crippen LogP contribution >= 0.6 is 0 Å². The molecule has 0 fully saturated rings. The Hall–Kier alpha value is -2.43. The average Bonchev–Trinajstić information content (AvgIpc) is 2.74. The Morgan fingerprint density at radius 1 is 1.14 bits per heavy atom. The molecule has 0 spiro atoms. The molecule has 1 atom stereocenters. The number of aryl methyl sites for hydroxylation is 1. The maximum atomic E-state index is 14.0. The third-order valence-electron chi connectivity index (χ3n) is 3.74. The van der Waals surface area contributed by atoms with Crippen molar-refractivity contribution in [3.8, 4) is 0 Å². The van der Waals surface area contributed by atoms with Crippen molar-refractivity contribution in [1.82, 2.24) is 9.55 Å². The van der Waals surface area contributed by atoms with Crippen LogP contribution in [0.3, 0.4) is 0 Å². The monoisotopic (exact) mass is 287 g/mol. The van der Waals surface area contributed by atoms with Crippen molar-refractivity contribution < 1.29 is 8.78 Å². The van der Waals surface area contributed by atoms with Gasteiger partial charge in [-0.3, -0.25) is 0 Å². The summed E-state index contributed by atoms with van der Waals surface area (Å²) in [5, 5.41) is 0. The molecule has 108 valence electrons. The highest BCUT2D eigenvalue weighted by molar-refractivity contribution is 5.79. The Morgan fingerprint density at radius 2 is 1.86 bits per heavy atom. The highest BCUT2D eigenvalue weighted by atomic mass is 19.1. The molecule has 0 bridgehead atoms. The fraction of sp³-hybridized carbons (Fsp3) is 0.188. The van der Waals surface area contributed by atoms with Crippen molar-refractivity contribution in [2.24, 2.45) is 0 Å². The van der Waals surface area contributed by atoms with E-state index < -0.39 is 0 Å². The van der Waals surface area contributed by atoms with E-state index in [1.807, 2.05) is 6.92 Å². The normalized spacial score (nSPS) is 12.8. The van der Waals surface area contributed by atoms with Gasteiger partial charge in [-0.1, -0.05) is 18.2 Å². The first kappa shape index (κ1) is 13.5. The third-order valence-corrected chi connectivity index (χ3v) is 3.74. The maximum Gasteiger partial charge on any atom is 0.201 e. The molecule has 0 amide bonds.